The Morgan fingerprint density at radius 1 is 1.27 bits per heavy atom. The van der Waals surface area contributed by atoms with Gasteiger partial charge in [-0.2, -0.15) is 13.2 Å². The van der Waals surface area contributed by atoms with Gasteiger partial charge >= 0.3 is 6.18 Å². The first-order valence-corrected chi connectivity index (χ1v) is 5.13. The van der Waals surface area contributed by atoms with Crippen LogP contribution in [0.15, 0.2) is 0 Å². The van der Waals surface area contributed by atoms with Crippen LogP contribution in [0.25, 0.3) is 0 Å². The molecule has 1 aliphatic rings. The van der Waals surface area contributed by atoms with E-state index in [0.717, 1.165) is 25.7 Å². The minimum Gasteiger partial charge on any atom is -0.382 e. The summed E-state index contributed by atoms with van der Waals surface area (Å²) in [7, 11) is 0. The number of nitrogens with one attached hydrogen (secondary N) is 1. The van der Waals surface area contributed by atoms with Crippen LogP contribution in [0.3, 0.4) is 0 Å². The summed E-state index contributed by atoms with van der Waals surface area (Å²) >= 11 is 0. The van der Waals surface area contributed by atoms with Gasteiger partial charge in [-0.05, 0) is 25.7 Å². The molecule has 90 valence electrons. The third kappa shape index (κ3) is 4.36. The number of hydrogen-bond acceptors (Lipinski definition) is 3. The second-order valence-electron chi connectivity index (χ2n) is 4.08. The Kier molecular flexibility index (Phi) is 4.36. The largest absolute Gasteiger partial charge is 0.415 e. The lowest BCUT2D eigenvalue weighted by Crippen LogP contribution is -2.44. The van der Waals surface area contributed by atoms with Gasteiger partial charge in [-0.3, -0.25) is 0 Å². The van der Waals surface area contributed by atoms with Gasteiger partial charge in [-0.15, -0.1) is 0 Å². The molecule has 0 bridgehead atoms. The molecular formula is C9H17F3N2O. The molecule has 1 unspecified atom stereocenters. The van der Waals surface area contributed by atoms with Gasteiger partial charge in [0.25, 0.3) is 0 Å². The number of alkyl halides is 3. The zero-order valence-electron chi connectivity index (χ0n) is 8.43. The van der Waals surface area contributed by atoms with Crippen molar-refractivity contribution in [3.8, 4) is 0 Å². The number of hydrogen-bond donors (Lipinski definition) is 3. The molecule has 0 aromatic carbocycles. The average Bonchev–Trinajstić information content (AvgIpc) is 2.15. The van der Waals surface area contributed by atoms with E-state index in [0.29, 0.717) is 0 Å². The molecule has 3 nitrogen and oxygen atoms in total. The summed E-state index contributed by atoms with van der Waals surface area (Å²) in [6, 6.07) is 0.234. The van der Waals surface area contributed by atoms with Crippen LogP contribution >= 0.6 is 0 Å². The van der Waals surface area contributed by atoms with Crippen molar-refractivity contribution in [3.63, 3.8) is 0 Å². The fourth-order valence-electron chi connectivity index (χ4n) is 1.72. The number of nitrogens with two attached hydrogens (primary N) is 1. The third-order valence-corrected chi connectivity index (χ3v) is 2.75. The van der Waals surface area contributed by atoms with E-state index in [-0.39, 0.29) is 12.1 Å². The maximum atomic E-state index is 12.0. The molecule has 0 amide bonds. The molecule has 0 spiro atoms. The smallest absolute Gasteiger partial charge is 0.382 e. The summed E-state index contributed by atoms with van der Waals surface area (Å²) in [4.78, 5) is 0. The van der Waals surface area contributed by atoms with E-state index in [9.17, 15) is 13.2 Å². The van der Waals surface area contributed by atoms with Crippen molar-refractivity contribution in [2.75, 3.05) is 6.54 Å². The quantitative estimate of drug-likeness (QED) is 0.666. The summed E-state index contributed by atoms with van der Waals surface area (Å²) in [6.45, 7) is -0.427. The van der Waals surface area contributed by atoms with Crippen LogP contribution in [0.1, 0.15) is 25.7 Å². The van der Waals surface area contributed by atoms with E-state index in [4.69, 9.17) is 10.8 Å². The average molecular weight is 226 g/mol. The van der Waals surface area contributed by atoms with Crippen LogP contribution in [0, 0.1) is 0 Å². The topological polar surface area (TPSA) is 58.3 Å². The fourth-order valence-corrected chi connectivity index (χ4v) is 1.72. The standard InChI is InChI=1S/C9H17F3N2O/c10-9(11,12)8(15)5-14-7-3-1-6(13)2-4-7/h6-8,14-15H,1-5,13H2. The second-order valence-corrected chi connectivity index (χ2v) is 4.08. The molecule has 15 heavy (non-hydrogen) atoms. The van der Waals surface area contributed by atoms with Crippen LogP contribution < -0.4 is 11.1 Å². The summed E-state index contributed by atoms with van der Waals surface area (Å²) < 4.78 is 35.9. The molecule has 1 aliphatic carbocycles. The number of aliphatic hydroxyl groups excluding tert-OH is 1. The molecule has 0 heterocycles. The Morgan fingerprint density at radius 3 is 2.27 bits per heavy atom. The van der Waals surface area contributed by atoms with Gasteiger partial charge < -0.3 is 16.2 Å². The van der Waals surface area contributed by atoms with Gasteiger partial charge in [0.05, 0.1) is 0 Å². The van der Waals surface area contributed by atoms with Gasteiger partial charge in [0, 0.05) is 18.6 Å². The van der Waals surface area contributed by atoms with E-state index >= 15 is 0 Å². The van der Waals surface area contributed by atoms with Crippen molar-refractivity contribution >= 4 is 0 Å². The highest BCUT2D eigenvalue weighted by molar-refractivity contribution is 4.80. The van der Waals surface area contributed by atoms with Gasteiger partial charge in [0.2, 0.25) is 0 Å². The molecule has 1 atom stereocenters. The highest BCUT2D eigenvalue weighted by Gasteiger charge is 2.38. The zero-order chi connectivity index (χ0) is 11.5. The monoisotopic (exact) mass is 226 g/mol. The Balaban J connectivity index is 2.20. The predicted molar refractivity (Wildman–Crippen MR) is 50.3 cm³/mol. The Labute approximate surface area is 86.8 Å². The van der Waals surface area contributed by atoms with Crippen molar-refractivity contribution in [2.24, 2.45) is 5.73 Å². The first-order valence-electron chi connectivity index (χ1n) is 5.13. The number of rotatable bonds is 3. The molecular weight excluding hydrogens is 209 g/mol. The number of halogens is 3. The fraction of sp³-hybridized carbons (Fsp3) is 1.00. The van der Waals surface area contributed by atoms with Crippen LogP contribution in [-0.2, 0) is 0 Å². The normalized spacial score (nSPS) is 30.2. The molecule has 1 rings (SSSR count). The Bertz CT molecular complexity index is 190. The molecule has 0 aromatic heterocycles. The van der Waals surface area contributed by atoms with Crippen molar-refractivity contribution in [1.29, 1.82) is 0 Å². The molecule has 0 aliphatic heterocycles. The molecule has 1 saturated carbocycles. The highest BCUT2D eigenvalue weighted by Crippen LogP contribution is 2.21. The minimum absolute atomic E-state index is 0.0572. The first kappa shape index (κ1) is 12.7. The van der Waals surface area contributed by atoms with Crippen LogP contribution in [0.4, 0.5) is 13.2 Å². The predicted octanol–water partition coefficient (Wildman–Crippen LogP) is 0.769. The van der Waals surface area contributed by atoms with E-state index < -0.39 is 18.8 Å². The Hall–Kier alpha value is -0.330. The Morgan fingerprint density at radius 2 is 1.80 bits per heavy atom. The lowest BCUT2D eigenvalue weighted by molar-refractivity contribution is -0.202. The SMILES string of the molecule is NC1CCC(NCC(O)C(F)(F)F)CC1. The highest BCUT2D eigenvalue weighted by atomic mass is 19.4. The molecule has 1 fully saturated rings. The van der Waals surface area contributed by atoms with Crippen LogP contribution in [0.2, 0.25) is 0 Å². The molecule has 0 aromatic rings. The lowest BCUT2D eigenvalue weighted by Gasteiger charge is -2.28. The third-order valence-electron chi connectivity index (χ3n) is 2.75. The number of aliphatic hydroxyl groups is 1. The van der Waals surface area contributed by atoms with Gasteiger partial charge in [0.15, 0.2) is 6.10 Å². The molecule has 0 saturated heterocycles. The lowest BCUT2D eigenvalue weighted by atomic mass is 9.92. The van der Waals surface area contributed by atoms with Crippen molar-refractivity contribution in [1.82, 2.24) is 5.32 Å². The molecule has 6 heteroatoms. The summed E-state index contributed by atoms with van der Waals surface area (Å²) in [5.41, 5.74) is 5.67. The van der Waals surface area contributed by atoms with Crippen LogP contribution in [-0.4, -0.2) is 36.0 Å². The molecule has 4 N–H and O–H groups in total. The zero-order valence-corrected chi connectivity index (χ0v) is 8.43. The van der Waals surface area contributed by atoms with E-state index in [1.165, 1.54) is 0 Å². The van der Waals surface area contributed by atoms with Gasteiger partial charge in [0.1, 0.15) is 0 Å². The summed E-state index contributed by atoms with van der Waals surface area (Å²) in [5, 5.41) is 11.5. The minimum atomic E-state index is -4.53. The second kappa shape index (κ2) is 5.14. The van der Waals surface area contributed by atoms with E-state index in [2.05, 4.69) is 5.32 Å². The van der Waals surface area contributed by atoms with E-state index in [1.807, 2.05) is 0 Å². The van der Waals surface area contributed by atoms with Gasteiger partial charge in [-0.25, -0.2) is 0 Å². The summed E-state index contributed by atoms with van der Waals surface area (Å²) in [5.74, 6) is 0. The van der Waals surface area contributed by atoms with E-state index in [1.54, 1.807) is 0 Å². The van der Waals surface area contributed by atoms with Crippen molar-refractivity contribution in [2.45, 2.75) is 50.0 Å². The first-order chi connectivity index (χ1) is 6.89. The summed E-state index contributed by atoms with van der Waals surface area (Å²) in [6.07, 6.45) is -3.57. The van der Waals surface area contributed by atoms with Crippen molar-refractivity contribution < 1.29 is 18.3 Å². The molecule has 0 radical (unpaired) electrons. The van der Waals surface area contributed by atoms with Gasteiger partial charge in [-0.1, -0.05) is 0 Å². The van der Waals surface area contributed by atoms with Crippen LogP contribution in [0.5, 0.6) is 0 Å². The van der Waals surface area contributed by atoms with Crippen molar-refractivity contribution in [3.05, 3.63) is 0 Å². The maximum Gasteiger partial charge on any atom is 0.415 e. The maximum absolute atomic E-state index is 12.0.